The van der Waals surface area contributed by atoms with Gasteiger partial charge in [-0.15, -0.1) is 0 Å². The van der Waals surface area contributed by atoms with Gasteiger partial charge in [-0.05, 0) is 83.0 Å². The van der Waals surface area contributed by atoms with Gasteiger partial charge in [0.2, 0.25) is 0 Å². The number of ether oxygens (including phenoxy) is 3. The van der Waals surface area contributed by atoms with Gasteiger partial charge in [0, 0.05) is 36.2 Å². The van der Waals surface area contributed by atoms with Crippen molar-refractivity contribution < 1.29 is 43.0 Å². The Bertz CT molecular complexity index is 1790. The minimum Gasteiger partial charge on any atom is -0.462 e. The maximum absolute atomic E-state index is 12.9. The number of benzene rings is 1. The van der Waals surface area contributed by atoms with Crippen molar-refractivity contribution in [1.29, 1.82) is 0 Å². The molecule has 0 spiro atoms. The van der Waals surface area contributed by atoms with Gasteiger partial charge in [-0.25, -0.2) is 9.59 Å². The number of aryl methyl sites for hydroxylation is 1. The summed E-state index contributed by atoms with van der Waals surface area (Å²) in [6.07, 6.45) is 5.31. The number of carbonyl (C=O) groups is 6. The molecule has 15 heteroatoms. The predicted molar refractivity (Wildman–Crippen MR) is 190 cm³/mol. The van der Waals surface area contributed by atoms with Crippen molar-refractivity contribution in [2.24, 2.45) is 0 Å². The van der Waals surface area contributed by atoms with Crippen LogP contribution in [0.1, 0.15) is 78.8 Å². The number of aromatic nitrogens is 1. The molecule has 51 heavy (non-hydrogen) atoms. The average molecular weight is 722 g/mol. The standard InChI is InChI=1S/C36H43N5O9S/c1-6-13-37-33(45)31-20(2)27(38-21(31)3)18-25-24-17-23(10-11-26(24)39-32(25)44)50-29(42)12-16-48-36(47)22(4)49-30(43)19-28-40(5)34(46)35(51-28)41-14-8-7-9-15-41/h10-11,17-19,22,35,38H,6-9,12-16H2,1-5H3,(H,37,45)(H,39,44)/b25-18-,28-19+. The van der Waals surface area contributed by atoms with Gasteiger partial charge in [0.15, 0.2) is 6.10 Å². The number of likely N-dealkylation sites (N-methyl/N-ethyl adjacent to an activating group) is 1. The van der Waals surface area contributed by atoms with E-state index in [4.69, 9.17) is 14.2 Å². The number of nitrogens with zero attached hydrogens (tertiary/aromatic N) is 2. The van der Waals surface area contributed by atoms with Crippen LogP contribution in [0.3, 0.4) is 0 Å². The monoisotopic (exact) mass is 721 g/mol. The van der Waals surface area contributed by atoms with E-state index in [9.17, 15) is 28.8 Å². The second kappa shape index (κ2) is 16.4. The summed E-state index contributed by atoms with van der Waals surface area (Å²) in [5.74, 6) is -2.79. The first-order valence-electron chi connectivity index (χ1n) is 17.0. The summed E-state index contributed by atoms with van der Waals surface area (Å²) in [5.41, 5.74) is 3.88. The molecule has 1 aromatic heterocycles. The molecular formula is C36H43N5O9S. The highest BCUT2D eigenvalue weighted by Gasteiger charge is 2.39. The summed E-state index contributed by atoms with van der Waals surface area (Å²) in [6.45, 7) is 8.81. The molecule has 2 atom stereocenters. The lowest BCUT2D eigenvalue weighted by Crippen LogP contribution is -2.42. The third-order valence-electron chi connectivity index (χ3n) is 8.78. The van der Waals surface area contributed by atoms with E-state index in [2.05, 4.69) is 20.5 Å². The molecule has 0 radical (unpaired) electrons. The number of likely N-dealkylation sites (tertiary alicyclic amines) is 1. The van der Waals surface area contributed by atoms with Crippen LogP contribution in [-0.2, 0) is 33.4 Å². The number of hydrogen-bond acceptors (Lipinski definition) is 11. The van der Waals surface area contributed by atoms with E-state index in [0.29, 0.717) is 50.9 Å². The number of anilines is 1. The summed E-state index contributed by atoms with van der Waals surface area (Å²) >= 11 is 1.28. The highest BCUT2D eigenvalue weighted by Crippen LogP contribution is 2.38. The van der Waals surface area contributed by atoms with Gasteiger partial charge in [0.1, 0.15) is 17.7 Å². The largest absolute Gasteiger partial charge is 0.462 e. The van der Waals surface area contributed by atoms with E-state index < -0.39 is 24.0 Å². The van der Waals surface area contributed by atoms with Crippen LogP contribution in [-0.4, -0.2) is 95.2 Å². The van der Waals surface area contributed by atoms with E-state index in [1.54, 1.807) is 39.1 Å². The van der Waals surface area contributed by atoms with Crippen LogP contribution in [0.4, 0.5) is 5.69 Å². The number of thioether (sulfide) groups is 1. The SMILES string of the molecule is CCCNC(=O)c1c(C)[nH]c(/C=C2\C(=O)Nc3ccc(OC(=O)CCOC(=O)C(C)OC(=O)/C=C4/SC(N5CCCCC5)C(=O)N4C)cc32)c1C. The maximum atomic E-state index is 12.9. The van der Waals surface area contributed by atoms with E-state index in [1.807, 2.05) is 6.92 Å². The van der Waals surface area contributed by atoms with E-state index >= 15 is 0 Å². The molecule has 3 aliphatic rings. The Balaban J connectivity index is 1.12. The molecule has 2 saturated heterocycles. The lowest BCUT2D eigenvalue weighted by atomic mass is 10.0. The number of amides is 3. The number of esters is 3. The highest BCUT2D eigenvalue weighted by atomic mass is 32.2. The van der Waals surface area contributed by atoms with Crippen LogP contribution in [0, 0.1) is 13.8 Å². The maximum Gasteiger partial charge on any atom is 0.347 e. The molecule has 3 aliphatic heterocycles. The van der Waals surface area contributed by atoms with Crippen LogP contribution in [0.25, 0.3) is 11.6 Å². The Morgan fingerprint density at radius 3 is 2.59 bits per heavy atom. The second-order valence-electron chi connectivity index (χ2n) is 12.6. The molecule has 4 heterocycles. The predicted octanol–water partition coefficient (Wildman–Crippen LogP) is 3.89. The summed E-state index contributed by atoms with van der Waals surface area (Å²) in [5, 5.41) is 5.72. The molecule has 14 nitrogen and oxygen atoms in total. The van der Waals surface area contributed by atoms with Gasteiger partial charge in [0.25, 0.3) is 17.7 Å². The number of piperidine rings is 1. The molecule has 3 N–H and O–H groups in total. The smallest absolute Gasteiger partial charge is 0.347 e. The fourth-order valence-electron chi connectivity index (χ4n) is 6.03. The molecule has 2 unspecified atom stereocenters. The number of fused-ring (bicyclic) bond motifs is 1. The summed E-state index contributed by atoms with van der Waals surface area (Å²) in [7, 11) is 1.60. The zero-order valence-electron chi connectivity index (χ0n) is 29.4. The van der Waals surface area contributed by atoms with Crippen molar-refractivity contribution in [1.82, 2.24) is 20.1 Å². The Labute approximate surface area is 300 Å². The molecule has 0 aliphatic carbocycles. The minimum atomic E-state index is -1.25. The van der Waals surface area contributed by atoms with Gasteiger partial charge >= 0.3 is 17.9 Å². The van der Waals surface area contributed by atoms with Gasteiger partial charge in [0.05, 0.1) is 28.7 Å². The average Bonchev–Trinajstić information content (AvgIpc) is 3.68. The van der Waals surface area contributed by atoms with E-state index in [0.717, 1.165) is 38.8 Å². The Morgan fingerprint density at radius 2 is 1.86 bits per heavy atom. The lowest BCUT2D eigenvalue weighted by Gasteiger charge is -2.29. The summed E-state index contributed by atoms with van der Waals surface area (Å²) < 4.78 is 15.8. The van der Waals surface area contributed by atoms with Gasteiger partial charge in [-0.1, -0.05) is 25.1 Å². The Morgan fingerprint density at radius 1 is 1.12 bits per heavy atom. The summed E-state index contributed by atoms with van der Waals surface area (Å²) in [4.78, 5) is 82.7. The fraction of sp³-hybridized carbons (Fsp3) is 0.444. The minimum absolute atomic E-state index is 0.104. The van der Waals surface area contributed by atoms with Gasteiger partial charge in [-0.2, -0.15) is 0 Å². The Kier molecular flexibility index (Phi) is 12.0. The normalized spacial score (nSPS) is 19.5. The number of aromatic amines is 1. The molecule has 272 valence electrons. The zero-order valence-corrected chi connectivity index (χ0v) is 30.2. The van der Waals surface area contributed by atoms with E-state index in [-0.39, 0.29) is 41.9 Å². The van der Waals surface area contributed by atoms with Gasteiger partial charge in [-0.3, -0.25) is 24.1 Å². The van der Waals surface area contributed by atoms with Gasteiger partial charge < -0.3 is 34.7 Å². The number of carbonyl (C=O) groups excluding carboxylic acids is 6. The van der Waals surface area contributed by atoms with Crippen molar-refractivity contribution in [3.63, 3.8) is 0 Å². The molecule has 3 amide bonds. The third-order valence-corrected chi connectivity index (χ3v) is 10.1. The fourth-order valence-corrected chi connectivity index (χ4v) is 7.29. The first kappa shape index (κ1) is 37.4. The van der Waals surface area contributed by atoms with Crippen LogP contribution in [0.5, 0.6) is 5.75 Å². The number of nitrogens with one attached hydrogen (secondary N) is 3. The molecular weight excluding hydrogens is 678 g/mol. The van der Waals surface area contributed by atoms with Crippen molar-refractivity contribution in [3.8, 4) is 5.75 Å². The zero-order chi connectivity index (χ0) is 36.8. The van der Waals surface area contributed by atoms with Crippen molar-refractivity contribution in [2.45, 2.75) is 71.3 Å². The molecule has 1 aromatic carbocycles. The van der Waals surface area contributed by atoms with Crippen LogP contribution in [0.2, 0.25) is 0 Å². The van der Waals surface area contributed by atoms with Crippen LogP contribution < -0.4 is 15.4 Å². The molecule has 5 rings (SSSR count). The number of hydrogen-bond donors (Lipinski definition) is 3. The number of H-pyrrole nitrogens is 1. The lowest BCUT2D eigenvalue weighted by molar-refractivity contribution is -0.164. The first-order chi connectivity index (χ1) is 24.4. The van der Waals surface area contributed by atoms with Crippen LogP contribution >= 0.6 is 11.8 Å². The van der Waals surface area contributed by atoms with Crippen molar-refractivity contribution in [2.75, 3.05) is 38.6 Å². The number of rotatable bonds is 12. The molecule has 2 aromatic rings. The van der Waals surface area contributed by atoms with E-state index in [1.165, 1.54) is 35.7 Å². The quantitative estimate of drug-likeness (QED) is 0.165. The molecule has 0 bridgehead atoms. The summed E-state index contributed by atoms with van der Waals surface area (Å²) in [6, 6.07) is 4.70. The van der Waals surface area contributed by atoms with Crippen LogP contribution in [0.15, 0.2) is 29.3 Å². The van der Waals surface area contributed by atoms with Crippen molar-refractivity contribution >= 4 is 64.7 Å². The molecule has 2 fully saturated rings. The highest BCUT2D eigenvalue weighted by molar-refractivity contribution is 8.04. The third kappa shape index (κ3) is 8.71. The topological polar surface area (TPSA) is 176 Å². The van der Waals surface area contributed by atoms with Crippen molar-refractivity contribution in [3.05, 3.63) is 57.4 Å². The first-order valence-corrected chi connectivity index (χ1v) is 17.9. The molecule has 0 saturated carbocycles. The Hall–Kier alpha value is -4.89. The second-order valence-corrected chi connectivity index (χ2v) is 13.7.